The summed E-state index contributed by atoms with van der Waals surface area (Å²) < 4.78 is 0. The predicted octanol–water partition coefficient (Wildman–Crippen LogP) is 2.97. The fraction of sp³-hybridized carbons (Fsp3) is 0.667. The number of Topliss-reactive ketones (excluding diaryl/α,β-unsaturated/α-hetero) is 1. The van der Waals surface area contributed by atoms with E-state index in [1.807, 2.05) is 5.38 Å². The van der Waals surface area contributed by atoms with Crippen molar-refractivity contribution in [3.05, 3.63) is 11.1 Å². The van der Waals surface area contributed by atoms with Gasteiger partial charge in [0.25, 0.3) is 0 Å². The van der Waals surface area contributed by atoms with Crippen molar-refractivity contribution < 1.29 is 4.79 Å². The molecule has 3 nitrogen and oxygen atoms in total. The molecule has 0 amide bonds. The first kappa shape index (κ1) is 11.6. The van der Waals surface area contributed by atoms with E-state index in [4.69, 9.17) is 0 Å². The van der Waals surface area contributed by atoms with Crippen LogP contribution in [0.5, 0.6) is 0 Å². The van der Waals surface area contributed by atoms with Crippen LogP contribution in [0.1, 0.15) is 44.1 Å². The largest absolute Gasteiger partial charge is 0.345 e. The van der Waals surface area contributed by atoms with Crippen LogP contribution in [0.25, 0.3) is 0 Å². The molecule has 0 saturated heterocycles. The lowest BCUT2D eigenvalue weighted by atomic mass is 10.2. The zero-order chi connectivity index (χ0) is 11.7. The van der Waals surface area contributed by atoms with E-state index in [2.05, 4.69) is 23.7 Å². The molecule has 1 saturated carbocycles. The summed E-state index contributed by atoms with van der Waals surface area (Å²) in [6.45, 7) is 7.04. The molecular weight excluding hydrogens is 220 g/mol. The predicted molar refractivity (Wildman–Crippen MR) is 67.3 cm³/mol. The molecule has 0 atom stereocenters. The fourth-order valence-corrected chi connectivity index (χ4v) is 2.67. The number of aromatic nitrogens is 1. The summed E-state index contributed by atoms with van der Waals surface area (Å²) in [5.41, 5.74) is 0.606. The van der Waals surface area contributed by atoms with Gasteiger partial charge in [0.15, 0.2) is 10.9 Å². The highest BCUT2D eigenvalue weighted by molar-refractivity contribution is 7.14. The van der Waals surface area contributed by atoms with E-state index in [1.54, 1.807) is 18.3 Å². The lowest BCUT2D eigenvalue weighted by molar-refractivity contribution is 0.101. The highest BCUT2D eigenvalue weighted by atomic mass is 32.1. The minimum atomic E-state index is 0.0581. The second-order valence-electron chi connectivity index (χ2n) is 4.85. The Morgan fingerprint density at radius 2 is 2.31 bits per heavy atom. The van der Waals surface area contributed by atoms with E-state index >= 15 is 0 Å². The van der Waals surface area contributed by atoms with Crippen LogP contribution in [-0.2, 0) is 0 Å². The lowest BCUT2D eigenvalue weighted by Gasteiger charge is -2.23. The minimum Gasteiger partial charge on any atom is -0.345 e. The third kappa shape index (κ3) is 2.61. The molecule has 0 N–H and O–H groups in total. The summed E-state index contributed by atoms with van der Waals surface area (Å²) in [6.07, 6.45) is 2.53. The molecule has 2 rings (SSSR count). The highest BCUT2D eigenvalue weighted by Gasteiger charge is 2.31. The molecule has 1 aliphatic carbocycles. The van der Waals surface area contributed by atoms with E-state index in [0.717, 1.165) is 11.7 Å². The number of ketones is 1. The molecule has 1 heterocycles. The van der Waals surface area contributed by atoms with Gasteiger partial charge in [0.05, 0.1) is 0 Å². The van der Waals surface area contributed by atoms with Gasteiger partial charge in [-0.1, -0.05) is 13.8 Å². The Labute approximate surface area is 100 Å². The summed E-state index contributed by atoms with van der Waals surface area (Å²) in [5.74, 6) is 0.688. The van der Waals surface area contributed by atoms with Gasteiger partial charge in [-0.15, -0.1) is 11.3 Å². The average molecular weight is 238 g/mol. The maximum Gasteiger partial charge on any atom is 0.186 e. The van der Waals surface area contributed by atoms with Crippen LogP contribution < -0.4 is 4.90 Å². The molecule has 0 unspecified atom stereocenters. The van der Waals surface area contributed by atoms with Gasteiger partial charge < -0.3 is 4.90 Å². The number of rotatable bonds is 5. The van der Waals surface area contributed by atoms with Crippen molar-refractivity contribution in [3.8, 4) is 0 Å². The Balaban J connectivity index is 2.14. The Kier molecular flexibility index (Phi) is 3.28. The lowest BCUT2D eigenvalue weighted by Crippen LogP contribution is -2.29. The topological polar surface area (TPSA) is 33.2 Å². The number of hydrogen-bond acceptors (Lipinski definition) is 4. The van der Waals surface area contributed by atoms with Gasteiger partial charge in [-0.05, 0) is 18.8 Å². The van der Waals surface area contributed by atoms with E-state index in [0.29, 0.717) is 17.7 Å². The summed E-state index contributed by atoms with van der Waals surface area (Å²) in [4.78, 5) is 18.0. The number of carbonyl (C=O) groups excluding carboxylic acids is 1. The maximum absolute atomic E-state index is 11.2. The van der Waals surface area contributed by atoms with Crippen molar-refractivity contribution in [2.45, 2.75) is 39.7 Å². The third-order valence-corrected chi connectivity index (χ3v) is 3.53. The van der Waals surface area contributed by atoms with Crippen molar-refractivity contribution in [1.29, 1.82) is 0 Å². The summed E-state index contributed by atoms with van der Waals surface area (Å²) in [7, 11) is 0. The maximum atomic E-state index is 11.2. The Morgan fingerprint density at radius 1 is 1.62 bits per heavy atom. The Hall–Kier alpha value is -0.900. The normalized spacial score (nSPS) is 15.5. The van der Waals surface area contributed by atoms with Crippen molar-refractivity contribution in [1.82, 2.24) is 4.98 Å². The number of nitrogens with zero attached hydrogens (tertiary/aromatic N) is 2. The zero-order valence-electron chi connectivity index (χ0n) is 10.1. The van der Waals surface area contributed by atoms with Crippen LogP contribution in [0.15, 0.2) is 5.38 Å². The second kappa shape index (κ2) is 4.53. The third-order valence-electron chi connectivity index (χ3n) is 2.65. The van der Waals surface area contributed by atoms with Gasteiger partial charge in [0.1, 0.15) is 5.69 Å². The Bertz CT molecular complexity index is 382. The van der Waals surface area contributed by atoms with Gasteiger partial charge in [0, 0.05) is 24.9 Å². The molecular formula is C12H18N2OS. The molecule has 0 aromatic carbocycles. The average Bonchev–Trinajstić information content (AvgIpc) is 2.91. The van der Waals surface area contributed by atoms with Crippen molar-refractivity contribution >= 4 is 22.3 Å². The van der Waals surface area contributed by atoms with Crippen molar-refractivity contribution in [3.63, 3.8) is 0 Å². The van der Waals surface area contributed by atoms with Gasteiger partial charge in [-0.25, -0.2) is 4.98 Å². The quantitative estimate of drug-likeness (QED) is 0.739. The summed E-state index contributed by atoms with van der Waals surface area (Å²) >= 11 is 1.59. The van der Waals surface area contributed by atoms with Gasteiger partial charge >= 0.3 is 0 Å². The van der Waals surface area contributed by atoms with E-state index in [-0.39, 0.29) is 5.78 Å². The monoisotopic (exact) mass is 238 g/mol. The van der Waals surface area contributed by atoms with E-state index in [9.17, 15) is 4.79 Å². The minimum absolute atomic E-state index is 0.0581. The second-order valence-corrected chi connectivity index (χ2v) is 5.69. The number of anilines is 1. The van der Waals surface area contributed by atoms with Crippen LogP contribution in [0, 0.1) is 5.92 Å². The molecule has 1 fully saturated rings. The number of carbonyl (C=O) groups is 1. The Morgan fingerprint density at radius 3 is 2.75 bits per heavy atom. The molecule has 4 heteroatoms. The SMILES string of the molecule is CC(=O)c1csc(N(CC(C)C)C2CC2)n1. The van der Waals surface area contributed by atoms with Crippen molar-refractivity contribution in [2.75, 3.05) is 11.4 Å². The van der Waals surface area contributed by atoms with Gasteiger partial charge in [0.2, 0.25) is 0 Å². The van der Waals surface area contributed by atoms with Gasteiger partial charge in [-0.2, -0.15) is 0 Å². The molecule has 0 bridgehead atoms. The van der Waals surface area contributed by atoms with Crippen LogP contribution in [0.3, 0.4) is 0 Å². The smallest absolute Gasteiger partial charge is 0.186 e. The molecule has 1 aromatic heterocycles. The van der Waals surface area contributed by atoms with E-state index in [1.165, 1.54) is 12.8 Å². The first-order valence-corrected chi connectivity index (χ1v) is 6.69. The summed E-state index contributed by atoms with van der Waals surface area (Å²) in [5, 5.41) is 2.88. The molecule has 88 valence electrons. The number of hydrogen-bond donors (Lipinski definition) is 0. The molecule has 0 spiro atoms. The molecule has 1 aromatic rings. The van der Waals surface area contributed by atoms with Crippen molar-refractivity contribution in [2.24, 2.45) is 5.92 Å². The molecule has 0 radical (unpaired) electrons. The van der Waals surface area contributed by atoms with E-state index < -0.39 is 0 Å². The number of thiazole rings is 1. The molecule has 16 heavy (non-hydrogen) atoms. The molecule has 1 aliphatic rings. The van der Waals surface area contributed by atoms with Crippen LogP contribution in [0.4, 0.5) is 5.13 Å². The van der Waals surface area contributed by atoms with Crippen LogP contribution in [-0.4, -0.2) is 23.4 Å². The first-order valence-electron chi connectivity index (χ1n) is 5.81. The van der Waals surface area contributed by atoms with Crippen LogP contribution in [0.2, 0.25) is 0 Å². The fourth-order valence-electron chi connectivity index (χ4n) is 1.72. The van der Waals surface area contributed by atoms with Gasteiger partial charge in [-0.3, -0.25) is 4.79 Å². The highest BCUT2D eigenvalue weighted by Crippen LogP contribution is 2.34. The van der Waals surface area contributed by atoms with Crippen LogP contribution >= 0.6 is 11.3 Å². The standard InChI is InChI=1S/C12H18N2OS/c1-8(2)6-14(10-4-5-10)12-13-11(7-16-12)9(3)15/h7-8,10H,4-6H2,1-3H3. The molecule has 0 aliphatic heterocycles. The first-order chi connectivity index (χ1) is 7.58. The zero-order valence-corrected chi connectivity index (χ0v) is 10.9. The summed E-state index contributed by atoms with van der Waals surface area (Å²) in [6, 6.07) is 0.661.